The Hall–Kier alpha value is -2.91. The maximum absolute atomic E-state index is 13.0. The van der Waals surface area contributed by atoms with Gasteiger partial charge in [0.05, 0.1) is 17.9 Å². The van der Waals surface area contributed by atoms with Crippen molar-refractivity contribution in [3.05, 3.63) is 48.5 Å². The number of hydrogen-bond donors (Lipinski definition) is 2. The number of amides is 2. The lowest BCUT2D eigenvalue weighted by molar-refractivity contribution is -0.121. The minimum Gasteiger partial charge on any atom is -0.497 e. The maximum Gasteiger partial charge on any atom is 0.243 e. The second kappa shape index (κ2) is 9.27. The Kier molecular flexibility index (Phi) is 6.73. The molecule has 2 amide bonds. The lowest BCUT2D eigenvalue weighted by atomic mass is 9.99. The molecule has 0 spiro atoms. The molecule has 0 aliphatic carbocycles. The molecule has 1 saturated heterocycles. The molecule has 0 radical (unpaired) electrons. The Bertz CT molecular complexity index is 1000. The van der Waals surface area contributed by atoms with Crippen LogP contribution >= 0.6 is 0 Å². The summed E-state index contributed by atoms with van der Waals surface area (Å²) in [7, 11) is -2.16. The molecule has 0 saturated carbocycles. The van der Waals surface area contributed by atoms with E-state index in [9.17, 15) is 18.0 Å². The summed E-state index contributed by atoms with van der Waals surface area (Å²) in [4.78, 5) is 23.9. The second-order valence-electron chi connectivity index (χ2n) is 7.13. The molecule has 1 heterocycles. The molecule has 8 nitrogen and oxygen atoms in total. The van der Waals surface area contributed by atoms with Gasteiger partial charge in [0.1, 0.15) is 5.75 Å². The quantitative estimate of drug-likeness (QED) is 0.732. The molecule has 9 heteroatoms. The Balaban J connectivity index is 1.67. The number of methoxy groups -OCH3 is 1. The van der Waals surface area contributed by atoms with Crippen molar-refractivity contribution in [1.82, 2.24) is 4.31 Å². The molecule has 30 heavy (non-hydrogen) atoms. The summed E-state index contributed by atoms with van der Waals surface area (Å²) in [6, 6.07) is 13.0. The van der Waals surface area contributed by atoms with Crippen LogP contribution in [0.5, 0.6) is 5.75 Å². The van der Waals surface area contributed by atoms with Gasteiger partial charge in [-0.3, -0.25) is 9.59 Å². The van der Waals surface area contributed by atoms with Gasteiger partial charge < -0.3 is 15.4 Å². The normalized spacial score (nSPS) is 17.2. The molecule has 3 rings (SSSR count). The molecule has 2 N–H and O–H groups in total. The number of ether oxygens (including phenoxy) is 1. The average Bonchev–Trinajstić information content (AvgIpc) is 2.74. The van der Waals surface area contributed by atoms with Gasteiger partial charge >= 0.3 is 0 Å². The van der Waals surface area contributed by atoms with E-state index in [0.29, 0.717) is 36.5 Å². The molecule has 0 aromatic heterocycles. The molecule has 1 aliphatic heterocycles. The van der Waals surface area contributed by atoms with E-state index in [4.69, 9.17) is 4.74 Å². The number of carbonyl (C=O) groups is 2. The van der Waals surface area contributed by atoms with E-state index < -0.39 is 15.9 Å². The summed E-state index contributed by atoms with van der Waals surface area (Å²) in [6.45, 7) is 1.87. The van der Waals surface area contributed by atoms with Gasteiger partial charge in [0, 0.05) is 31.4 Å². The number of hydrogen-bond acceptors (Lipinski definition) is 5. The van der Waals surface area contributed by atoms with Crippen LogP contribution in [0.4, 0.5) is 11.4 Å². The van der Waals surface area contributed by atoms with Gasteiger partial charge in [0.2, 0.25) is 21.8 Å². The number of carbonyl (C=O) groups excluding carboxylic acids is 2. The van der Waals surface area contributed by atoms with Crippen LogP contribution in [0.3, 0.4) is 0 Å². The number of nitrogens with one attached hydrogen (secondary N) is 2. The van der Waals surface area contributed by atoms with Crippen molar-refractivity contribution in [3.8, 4) is 5.75 Å². The summed E-state index contributed by atoms with van der Waals surface area (Å²) in [6.07, 6.45) is 1.22. The Morgan fingerprint density at radius 1 is 1.00 bits per heavy atom. The molecule has 2 aromatic rings. The van der Waals surface area contributed by atoms with Gasteiger partial charge in [0.25, 0.3) is 0 Å². The fraction of sp³-hybridized carbons (Fsp3) is 0.333. The number of nitrogens with zero attached hydrogens (tertiary/aromatic N) is 1. The van der Waals surface area contributed by atoms with E-state index in [1.54, 1.807) is 43.5 Å². The average molecular weight is 432 g/mol. The van der Waals surface area contributed by atoms with Crippen molar-refractivity contribution in [1.29, 1.82) is 0 Å². The highest BCUT2D eigenvalue weighted by molar-refractivity contribution is 7.89. The van der Waals surface area contributed by atoms with Crippen LogP contribution in [0.1, 0.15) is 19.8 Å². The van der Waals surface area contributed by atoms with Gasteiger partial charge in [-0.05, 0) is 61.4 Å². The first kappa shape index (κ1) is 21.8. The topological polar surface area (TPSA) is 105 Å². The van der Waals surface area contributed by atoms with Crippen molar-refractivity contribution in [2.75, 3.05) is 30.8 Å². The van der Waals surface area contributed by atoms with Gasteiger partial charge in [-0.1, -0.05) is 0 Å². The third kappa shape index (κ3) is 5.17. The van der Waals surface area contributed by atoms with Crippen LogP contribution in [-0.2, 0) is 19.6 Å². The lowest BCUT2D eigenvalue weighted by Gasteiger charge is -2.31. The fourth-order valence-electron chi connectivity index (χ4n) is 3.36. The minimum absolute atomic E-state index is 0.123. The van der Waals surface area contributed by atoms with Crippen LogP contribution in [-0.4, -0.2) is 44.7 Å². The van der Waals surface area contributed by atoms with Crippen LogP contribution in [0.2, 0.25) is 0 Å². The van der Waals surface area contributed by atoms with Crippen molar-refractivity contribution < 1.29 is 22.7 Å². The first-order valence-corrected chi connectivity index (χ1v) is 11.1. The zero-order chi connectivity index (χ0) is 21.7. The number of piperidine rings is 1. The highest BCUT2D eigenvalue weighted by atomic mass is 32.2. The Morgan fingerprint density at radius 2 is 1.60 bits per heavy atom. The van der Waals surface area contributed by atoms with Crippen molar-refractivity contribution in [2.45, 2.75) is 24.7 Å². The van der Waals surface area contributed by atoms with Crippen molar-refractivity contribution in [3.63, 3.8) is 0 Å². The lowest BCUT2D eigenvalue weighted by Crippen LogP contribution is -2.43. The van der Waals surface area contributed by atoms with Gasteiger partial charge in [0.15, 0.2) is 0 Å². The molecule has 160 valence electrons. The van der Waals surface area contributed by atoms with E-state index in [1.807, 2.05) is 0 Å². The second-order valence-corrected chi connectivity index (χ2v) is 9.06. The predicted molar refractivity (Wildman–Crippen MR) is 114 cm³/mol. The van der Waals surface area contributed by atoms with Gasteiger partial charge in [-0.15, -0.1) is 0 Å². The summed E-state index contributed by atoms with van der Waals surface area (Å²) < 4.78 is 32.5. The summed E-state index contributed by atoms with van der Waals surface area (Å²) in [5, 5.41) is 5.45. The molecule has 1 aliphatic rings. The van der Waals surface area contributed by atoms with Crippen molar-refractivity contribution >= 4 is 33.2 Å². The molecule has 1 atom stereocenters. The summed E-state index contributed by atoms with van der Waals surface area (Å²) in [5.41, 5.74) is 1.16. The number of rotatable bonds is 6. The molecule has 0 bridgehead atoms. The molecule has 2 aromatic carbocycles. The molecule has 1 unspecified atom stereocenters. The predicted octanol–water partition coefficient (Wildman–Crippen LogP) is 2.69. The summed E-state index contributed by atoms with van der Waals surface area (Å²) in [5.74, 6) is -0.185. The van der Waals surface area contributed by atoms with E-state index in [2.05, 4.69) is 10.6 Å². The number of anilines is 2. The van der Waals surface area contributed by atoms with E-state index in [-0.39, 0.29) is 23.3 Å². The number of benzene rings is 2. The molecular formula is C21H25N3O5S. The SMILES string of the molecule is COc1ccc(NC(=O)C2CCCN(S(=O)(=O)c3ccc(NC(C)=O)cc3)C2)cc1. The van der Waals surface area contributed by atoms with E-state index in [1.165, 1.54) is 23.4 Å². The Labute approximate surface area is 176 Å². The molecule has 1 fully saturated rings. The molecular weight excluding hydrogens is 406 g/mol. The third-order valence-corrected chi connectivity index (χ3v) is 6.80. The van der Waals surface area contributed by atoms with Crippen LogP contribution in [0.15, 0.2) is 53.4 Å². The zero-order valence-electron chi connectivity index (χ0n) is 16.9. The van der Waals surface area contributed by atoms with E-state index in [0.717, 1.165) is 0 Å². The smallest absolute Gasteiger partial charge is 0.243 e. The number of sulfonamides is 1. The Morgan fingerprint density at radius 3 is 2.20 bits per heavy atom. The van der Waals surface area contributed by atoms with Crippen LogP contribution in [0, 0.1) is 5.92 Å². The highest BCUT2D eigenvalue weighted by Gasteiger charge is 2.33. The largest absolute Gasteiger partial charge is 0.497 e. The van der Waals surface area contributed by atoms with E-state index >= 15 is 0 Å². The highest BCUT2D eigenvalue weighted by Crippen LogP contribution is 2.26. The van der Waals surface area contributed by atoms with Crippen LogP contribution in [0.25, 0.3) is 0 Å². The first-order chi connectivity index (χ1) is 14.3. The fourth-order valence-corrected chi connectivity index (χ4v) is 4.88. The van der Waals surface area contributed by atoms with Gasteiger partial charge in [-0.2, -0.15) is 4.31 Å². The van der Waals surface area contributed by atoms with Crippen molar-refractivity contribution in [2.24, 2.45) is 5.92 Å². The summed E-state index contributed by atoms with van der Waals surface area (Å²) >= 11 is 0. The van der Waals surface area contributed by atoms with Gasteiger partial charge in [-0.25, -0.2) is 8.42 Å². The zero-order valence-corrected chi connectivity index (χ0v) is 17.7. The standard InChI is InChI=1S/C21H25N3O5S/c1-15(25)22-17-7-11-20(12-8-17)30(27,28)24-13-3-4-16(14-24)21(26)23-18-5-9-19(29-2)10-6-18/h5-12,16H,3-4,13-14H2,1-2H3,(H,22,25)(H,23,26). The third-order valence-electron chi connectivity index (χ3n) is 4.92. The first-order valence-electron chi connectivity index (χ1n) is 9.62. The minimum atomic E-state index is -3.73. The maximum atomic E-state index is 13.0. The monoisotopic (exact) mass is 431 g/mol. The van der Waals surface area contributed by atoms with Crippen LogP contribution < -0.4 is 15.4 Å².